The summed E-state index contributed by atoms with van der Waals surface area (Å²) in [5.41, 5.74) is 1.18. The lowest BCUT2D eigenvalue weighted by Crippen LogP contribution is -2.48. The number of hydrogen-bond acceptors (Lipinski definition) is 1. The highest BCUT2D eigenvalue weighted by molar-refractivity contribution is 5.83. The molecular formula is C19H25NO. The van der Waals surface area contributed by atoms with E-state index in [0.717, 1.165) is 37.0 Å². The maximum Gasteiger partial charge on any atom is 0.226 e. The van der Waals surface area contributed by atoms with E-state index < -0.39 is 0 Å². The lowest BCUT2D eigenvalue weighted by atomic mass is 9.58. The molecule has 5 rings (SSSR count). The second-order valence-electron chi connectivity index (χ2n) is 7.71. The molecule has 4 aliphatic carbocycles. The zero-order chi connectivity index (χ0) is 14.3. The smallest absolute Gasteiger partial charge is 0.226 e. The van der Waals surface area contributed by atoms with Crippen LogP contribution in [0.2, 0.25) is 0 Å². The summed E-state index contributed by atoms with van der Waals surface area (Å²) >= 11 is 0. The van der Waals surface area contributed by atoms with Gasteiger partial charge in [-0.3, -0.25) is 4.79 Å². The summed E-state index contributed by atoms with van der Waals surface area (Å²) in [5, 5.41) is 3.24. The van der Waals surface area contributed by atoms with E-state index in [0.29, 0.717) is 12.5 Å². The van der Waals surface area contributed by atoms with Crippen molar-refractivity contribution >= 4 is 5.91 Å². The zero-order valence-electron chi connectivity index (χ0n) is 12.7. The van der Waals surface area contributed by atoms with Crippen molar-refractivity contribution in [3.05, 3.63) is 35.9 Å². The number of amides is 1. The highest BCUT2D eigenvalue weighted by Crippen LogP contribution is 2.57. The fourth-order valence-electron chi connectivity index (χ4n) is 5.44. The average molecular weight is 283 g/mol. The predicted molar refractivity (Wildman–Crippen MR) is 83.5 cm³/mol. The van der Waals surface area contributed by atoms with Crippen LogP contribution in [0.25, 0.3) is 0 Å². The molecule has 21 heavy (non-hydrogen) atoms. The molecule has 1 aromatic carbocycles. The number of rotatable bonds is 3. The topological polar surface area (TPSA) is 29.1 Å². The number of nitrogens with one attached hydrogen (secondary N) is 1. The van der Waals surface area contributed by atoms with Gasteiger partial charge in [0.05, 0.1) is 0 Å². The average Bonchev–Trinajstić information content (AvgIpc) is 2.72. The molecule has 1 aromatic rings. The number of hydrogen-bond donors (Lipinski definition) is 1. The Morgan fingerprint density at radius 3 is 2.29 bits per heavy atom. The first-order chi connectivity index (χ1) is 10.2. The monoisotopic (exact) mass is 283 g/mol. The third-order valence-corrected chi connectivity index (χ3v) is 6.13. The maximum absolute atomic E-state index is 12.9. The molecule has 4 fully saturated rings. The Balaban J connectivity index is 1.48. The van der Waals surface area contributed by atoms with Gasteiger partial charge in [0.2, 0.25) is 5.91 Å². The molecule has 0 unspecified atom stereocenters. The van der Waals surface area contributed by atoms with E-state index in [2.05, 4.69) is 17.4 Å². The summed E-state index contributed by atoms with van der Waals surface area (Å²) in [6, 6.07) is 10.3. The Hall–Kier alpha value is -1.31. The molecule has 0 aliphatic heterocycles. The number of fused-ring (bicyclic) bond motifs is 1. The molecule has 4 saturated carbocycles. The van der Waals surface area contributed by atoms with E-state index in [1.54, 1.807) is 0 Å². The Labute approximate surface area is 127 Å². The second kappa shape index (κ2) is 5.15. The highest BCUT2D eigenvalue weighted by Gasteiger charge is 2.52. The van der Waals surface area contributed by atoms with Gasteiger partial charge in [0, 0.05) is 12.0 Å². The third-order valence-electron chi connectivity index (χ3n) is 6.13. The van der Waals surface area contributed by atoms with E-state index in [1.807, 2.05) is 18.2 Å². The summed E-state index contributed by atoms with van der Waals surface area (Å²) in [6.45, 7) is 0.682. The molecule has 0 heterocycles. The van der Waals surface area contributed by atoms with Gasteiger partial charge in [-0.15, -0.1) is 0 Å². The molecule has 2 atom stereocenters. The van der Waals surface area contributed by atoms with Gasteiger partial charge in [-0.05, 0) is 55.4 Å². The van der Waals surface area contributed by atoms with Crippen molar-refractivity contribution in [1.29, 1.82) is 0 Å². The third kappa shape index (κ3) is 2.49. The fraction of sp³-hybridized carbons (Fsp3) is 0.632. The molecule has 0 aromatic heterocycles. The van der Waals surface area contributed by atoms with Crippen molar-refractivity contribution in [3.63, 3.8) is 0 Å². The number of carbonyl (C=O) groups excluding carboxylic acids is 1. The number of benzene rings is 1. The Morgan fingerprint density at radius 1 is 1.00 bits per heavy atom. The molecule has 112 valence electrons. The summed E-state index contributed by atoms with van der Waals surface area (Å²) < 4.78 is 0. The summed E-state index contributed by atoms with van der Waals surface area (Å²) in [5.74, 6) is 2.80. The van der Waals surface area contributed by atoms with Crippen LogP contribution in [0.15, 0.2) is 30.3 Å². The summed E-state index contributed by atoms with van der Waals surface area (Å²) in [6.07, 6.45) is 8.99. The first-order valence-electron chi connectivity index (χ1n) is 8.56. The minimum Gasteiger partial charge on any atom is -0.352 e. The van der Waals surface area contributed by atoms with Gasteiger partial charge in [0.1, 0.15) is 0 Å². The second-order valence-corrected chi connectivity index (χ2v) is 7.71. The summed E-state index contributed by atoms with van der Waals surface area (Å²) in [4.78, 5) is 12.9. The molecular weight excluding hydrogens is 258 g/mol. The van der Waals surface area contributed by atoms with Crippen molar-refractivity contribution in [3.8, 4) is 0 Å². The van der Waals surface area contributed by atoms with Gasteiger partial charge in [-0.25, -0.2) is 0 Å². The van der Waals surface area contributed by atoms with Crippen molar-refractivity contribution in [2.24, 2.45) is 23.2 Å². The van der Waals surface area contributed by atoms with Crippen LogP contribution in [-0.2, 0) is 11.3 Å². The molecule has 0 radical (unpaired) electrons. The van der Waals surface area contributed by atoms with E-state index in [-0.39, 0.29) is 5.41 Å². The fourth-order valence-corrected chi connectivity index (χ4v) is 5.44. The standard InChI is InChI=1S/C19H25NO/c21-18(20-13-14-4-2-1-3-5-14)19-10-15-6-7-16(11-19)9-17(8-15)12-19/h1-5,15-17H,6-13H2,(H,20,21)/t15-,16-,17?,19?/m1/s1. The minimum atomic E-state index is -0.0260. The Morgan fingerprint density at radius 2 is 1.62 bits per heavy atom. The van der Waals surface area contributed by atoms with Crippen LogP contribution < -0.4 is 5.32 Å². The van der Waals surface area contributed by atoms with Crippen LogP contribution in [0.4, 0.5) is 0 Å². The van der Waals surface area contributed by atoms with Crippen molar-refractivity contribution < 1.29 is 4.79 Å². The first kappa shape index (κ1) is 13.4. The van der Waals surface area contributed by atoms with E-state index in [4.69, 9.17) is 0 Å². The van der Waals surface area contributed by atoms with Crippen LogP contribution in [-0.4, -0.2) is 5.91 Å². The highest BCUT2D eigenvalue weighted by atomic mass is 16.2. The molecule has 0 spiro atoms. The summed E-state index contributed by atoms with van der Waals surface area (Å²) in [7, 11) is 0. The van der Waals surface area contributed by atoms with Crippen LogP contribution in [0.5, 0.6) is 0 Å². The van der Waals surface area contributed by atoms with E-state index in [9.17, 15) is 4.79 Å². The van der Waals surface area contributed by atoms with Gasteiger partial charge >= 0.3 is 0 Å². The predicted octanol–water partition coefficient (Wildman–Crippen LogP) is 3.91. The van der Waals surface area contributed by atoms with Crippen LogP contribution in [0.1, 0.15) is 50.5 Å². The normalized spacial score (nSPS) is 37.2. The maximum atomic E-state index is 12.9. The van der Waals surface area contributed by atoms with Crippen molar-refractivity contribution in [2.75, 3.05) is 0 Å². The lowest BCUT2D eigenvalue weighted by molar-refractivity contribution is -0.138. The van der Waals surface area contributed by atoms with Crippen LogP contribution >= 0.6 is 0 Å². The quantitative estimate of drug-likeness (QED) is 0.895. The van der Waals surface area contributed by atoms with Gasteiger partial charge in [0.15, 0.2) is 0 Å². The van der Waals surface area contributed by atoms with E-state index in [1.165, 1.54) is 31.2 Å². The molecule has 4 bridgehead atoms. The SMILES string of the molecule is O=C(NCc1ccccc1)C12CC3C[C@@H](CC[C@H](C3)C1)C2. The molecule has 2 heteroatoms. The van der Waals surface area contributed by atoms with Crippen LogP contribution in [0, 0.1) is 23.2 Å². The van der Waals surface area contributed by atoms with Crippen LogP contribution in [0.3, 0.4) is 0 Å². The van der Waals surface area contributed by atoms with Crippen molar-refractivity contribution in [2.45, 2.75) is 51.5 Å². The largest absolute Gasteiger partial charge is 0.352 e. The minimum absolute atomic E-state index is 0.0260. The first-order valence-corrected chi connectivity index (χ1v) is 8.56. The van der Waals surface area contributed by atoms with Gasteiger partial charge in [-0.1, -0.05) is 43.2 Å². The van der Waals surface area contributed by atoms with Gasteiger partial charge in [0.25, 0.3) is 0 Å². The zero-order valence-corrected chi connectivity index (χ0v) is 12.7. The molecule has 0 saturated heterocycles. The molecule has 2 nitrogen and oxygen atoms in total. The van der Waals surface area contributed by atoms with Gasteiger partial charge in [-0.2, -0.15) is 0 Å². The Bertz CT molecular complexity index is 508. The lowest BCUT2D eigenvalue weighted by Gasteiger charge is -2.47. The van der Waals surface area contributed by atoms with Crippen molar-refractivity contribution in [1.82, 2.24) is 5.32 Å². The Kier molecular flexibility index (Phi) is 3.28. The molecule has 4 aliphatic rings. The molecule has 1 amide bonds. The number of carbonyl (C=O) groups is 1. The van der Waals surface area contributed by atoms with Gasteiger partial charge < -0.3 is 5.32 Å². The van der Waals surface area contributed by atoms with E-state index >= 15 is 0 Å². The molecule has 1 N–H and O–H groups in total.